The average Bonchev–Trinajstić information content (AvgIpc) is 2.97. The van der Waals surface area contributed by atoms with Crippen LogP contribution < -0.4 is 38.5 Å². The molecule has 0 aliphatic rings. The number of guanidine groups is 1. The van der Waals surface area contributed by atoms with Crippen LogP contribution in [0.4, 0.5) is 0 Å². The molecule has 5 atom stereocenters. The van der Waals surface area contributed by atoms with Crippen molar-refractivity contribution in [1.29, 1.82) is 0 Å². The Bertz CT molecular complexity index is 1200. The molecule has 0 aromatic carbocycles. The molecule has 0 spiro atoms. The summed E-state index contributed by atoms with van der Waals surface area (Å²) >= 11 is 0. The third kappa shape index (κ3) is 19.6. The molecular formula is C24H38N8O14S2. The number of hydrogen-bond donors (Lipinski definition) is 11. The third-order valence-corrected chi connectivity index (χ3v) is 8.00. The summed E-state index contributed by atoms with van der Waals surface area (Å²) in [6.45, 7) is 0.232. The first-order valence-corrected chi connectivity index (χ1v) is 16.2. The zero-order chi connectivity index (χ0) is 36.8. The Morgan fingerprint density at radius 1 is 0.708 bits per heavy atom. The van der Waals surface area contributed by atoms with E-state index in [9.17, 15) is 58.5 Å². The summed E-state index contributed by atoms with van der Waals surface area (Å²) in [5.41, 5.74) is 16.0. The van der Waals surface area contributed by atoms with Gasteiger partial charge >= 0.3 is 23.9 Å². The molecule has 0 aliphatic heterocycles. The maximum atomic E-state index is 13.1. The van der Waals surface area contributed by atoms with Crippen molar-refractivity contribution in [3.8, 4) is 0 Å². The van der Waals surface area contributed by atoms with Crippen molar-refractivity contribution in [2.24, 2.45) is 22.2 Å². The Kier molecular flexibility index (Phi) is 21.1. The standard InChI is InChI=1S/C24H38N8O14S2/c25-11(6-16(34)35)19(40)29-12(2-1-3-28-24(26)27)20(41)30-13(7-17(36)37)21(42)31-14(8-18(38)39)22(43)32-15(23(44)45)9-48-47-5-4-46-10-33/h10-15H,1-9,25H2,(H,29,40)(H,30,41)(H,31,42)(H,32,43)(H,34,35)(H,36,37)(H,38,39)(H,44,45)(H4,26,27,28)/t11-,12-,13-,14-,15-/m0/s1. The normalized spacial score (nSPS) is 13.6. The highest BCUT2D eigenvalue weighted by atomic mass is 33.1. The van der Waals surface area contributed by atoms with E-state index in [0.29, 0.717) is 0 Å². The number of nitrogens with two attached hydrogens (primary N) is 3. The van der Waals surface area contributed by atoms with Crippen molar-refractivity contribution in [2.45, 2.75) is 62.3 Å². The molecule has 0 saturated carbocycles. The Morgan fingerprint density at radius 3 is 1.65 bits per heavy atom. The fraction of sp³-hybridized carbons (Fsp3) is 0.583. The zero-order valence-corrected chi connectivity index (χ0v) is 26.8. The summed E-state index contributed by atoms with van der Waals surface area (Å²) in [6.07, 6.45) is -3.13. The van der Waals surface area contributed by atoms with Gasteiger partial charge in [0.1, 0.15) is 30.8 Å². The van der Waals surface area contributed by atoms with Gasteiger partial charge in [-0.15, -0.1) is 0 Å². The van der Waals surface area contributed by atoms with E-state index in [1.54, 1.807) is 0 Å². The SMILES string of the molecule is NC(N)=NCCC[C@H](NC(=O)[C@@H](N)CC(=O)O)C(=O)N[C@@H](CC(=O)O)C(=O)N[C@@H](CC(=O)O)C(=O)N[C@@H](CSSCCOC=O)C(=O)O. The minimum atomic E-state index is -1.96. The molecule has 0 unspecified atom stereocenters. The number of carbonyl (C=O) groups excluding carboxylic acids is 5. The summed E-state index contributed by atoms with van der Waals surface area (Å²) in [7, 11) is 2.09. The lowest BCUT2D eigenvalue weighted by molar-refractivity contribution is -0.144. The van der Waals surface area contributed by atoms with Gasteiger partial charge in [0.2, 0.25) is 23.6 Å². The second-order valence-electron chi connectivity index (χ2n) is 9.51. The van der Waals surface area contributed by atoms with Crippen molar-refractivity contribution in [3.63, 3.8) is 0 Å². The van der Waals surface area contributed by atoms with Gasteiger partial charge in [-0.1, -0.05) is 21.6 Å². The van der Waals surface area contributed by atoms with Gasteiger partial charge in [0.15, 0.2) is 5.96 Å². The van der Waals surface area contributed by atoms with Crippen LogP contribution in [-0.2, 0) is 47.9 Å². The van der Waals surface area contributed by atoms with Crippen LogP contribution in [-0.4, -0.2) is 135 Å². The van der Waals surface area contributed by atoms with E-state index in [4.69, 9.17) is 22.3 Å². The number of ether oxygens (including phenoxy) is 1. The molecule has 0 bridgehead atoms. The van der Waals surface area contributed by atoms with Crippen molar-refractivity contribution >= 4 is 81.5 Å². The number of nitrogens with one attached hydrogen (secondary N) is 4. The molecule has 22 nitrogen and oxygen atoms in total. The number of aliphatic imine (C=N–C) groups is 1. The highest BCUT2D eigenvalue weighted by Gasteiger charge is 2.34. The number of carboxylic acid groups (broad SMARTS) is 4. The van der Waals surface area contributed by atoms with Crippen molar-refractivity contribution < 1.29 is 68.3 Å². The minimum Gasteiger partial charge on any atom is -0.481 e. The number of carboxylic acids is 4. The molecule has 0 saturated heterocycles. The Hall–Kier alpha value is -4.84. The van der Waals surface area contributed by atoms with E-state index in [0.717, 1.165) is 21.6 Å². The van der Waals surface area contributed by atoms with Gasteiger partial charge in [-0.2, -0.15) is 0 Å². The van der Waals surface area contributed by atoms with Crippen molar-refractivity contribution in [2.75, 3.05) is 24.7 Å². The van der Waals surface area contributed by atoms with E-state index >= 15 is 0 Å². The fourth-order valence-electron chi connectivity index (χ4n) is 3.40. The molecule has 270 valence electrons. The summed E-state index contributed by atoms with van der Waals surface area (Å²) < 4.78 is 4.49. The summed E-state index contributed by atoms with van der Waals surface area (Å²) in [6, 6.07) is -8.58. The lowest BCUT2D eigenvalue weighted by Gasteiger charge is -2.25. The zero-order valence-electron chi connectivity index (χ0n) is 25.2. The maximum Gasteiger partial charge on any atom is 0.327 e. The van der Waals surface area contributed by atoms with Gasteiger partial charge < -0.3 is 63.6 Å². The molecule has 0 aromatic rings. The molecule has 24 heteroatoms. The largest absolute Gasteiger partial charge is 0.481 e. The van der Waals surface area contributed by atoms with Crippen LogP contribution in [0.25, 0.3) is 0 Å². The number of amides is 4. The van der Waals surface area contributed by atoms with Gasteiger partial charge in [-0.3, -0.25) is 43.3 Å². The first-order chi connectivity index (χ1) is 22.5. The quantitative estimate of drug-likeness (QED) is 0.0131. The highest BCUT2D eigenvalue weighted by molar-refractivity contribution is 8.76. The van der Waals surface area contributed by atoms with Crippen LogP contribution in [0.15, 0.2) is 4.99 Å². The molecule has 0 radical (unpaired) electrons. The summed E-state index contributed by atoms with van der Waals surface area (Å²) in [4.78, 5) is 111. The Labute approximate surface area is 280 Å². The number of rotatable bonds is 26. The summed E-state index contributed by atoms with van der Waals surface area (Å²) in [5.74, 6) is -11.2. The van der Waals surface area contributed by atoms with Crippen LogP contribution in [0.3, 0.4) is 0 Å². The van der Waals surface area contributed by atoms with Gasteiger partial charge in [-0.25, -0.2) is 4.79 Å². The van der Waals surface area contributed by atoms with Crippen molar-refractivity contribution in [1.82, 2.24) is 21.3 Å². The number of aliphatic carboxylic acids is 4. The predicted octanol–water partition coefficient (Wildman–Crippen LogP) is -4.63. The van der Waals surface area contributed by atoms with Crippen LogP contribution in [0.1, 0.15) is 32.1 Å². The van der Waals surface area contributed by atoms with Gasteiger partial charge in [0.25, 0.3) is 6.47 Å². The number of nitrogens with zero attached hydrogens (tertiary/aromatic N) is 1. The van der Waals surface area contributed by atoms with Gasteiger partial charge in [0.05, 0.1) is 25.3 Å². The number of hydrogen-bond acceptors (Lipinski definition) is 14. The Morgan fingerprint density at radius 2 is 1.19 bits per heavy atom. The molecule has 14 N–H and O–H groups in total. The van der Waals surface area contributed by atoms with Gasteiger partial charge in [-0.05, 0) is 12.8 Å². The van der Waals surface area contributed by atoms with Crippen LogP contribution in [0.5, 0.6) is 0 Å². The second kappa shape index (κ2) is 23.5. The molecule has 4 amide bonds. The topological polar surface area (TPSA) is 382 Å². The highest BCUT2D eigenvalue weighted by Crippen LogP contribution is 2.21. The number of carbonyl (C=O) groups is 9. The van der Waals surface area contributed by atoms with Crippen molar-refractivity contribution in [3.05, 3.63) is 0 Å². The lowest BCUT2D eigenvalue weighted by Crippen LogP contribution is -2.59. The molecule has 0 heterocycles. The van der Waals surface area contributed by atoms with E-state index < -0.39 is 97.0 Å². The monoisotopic (exact) mass is 726 g/mol. The summed E-state index contributed by atoms with van der Waals surface area (Å²) in [5, 5.41) is 45.4. The van der Waals surface area contributed by atoms with Crippen LogP contribution in [0, 0.1) is 0 Å². The first-order valence-electron chi connectivity index (χ1n) is 13.7. The van der Waals surface area contributed by atoms with E-state index in [1.807, 2.05) is 5.32 Å². The fourth-order valence-corrected chi connectivity index (χ4v) is 5.39. The van der Waals surface area contributed by atoms with E-state index in [-0.39, 0.29) is 49.9 Å². The average molecular weight is 727 g/mol. The predicted molar refractivity (Wildman–Crippen MR) is 167 cm³/mol. The smallest absolute Gasteiger partial charge is 0.327 e. The molecular weight excluding hydrogens is 688 g/mol. The Balaban J connectivity index is 5.90. The van der Waals surface area contributed by atoms with E-state index in [2.05, 4.69) is 25.7 Å². The second-order valence-corrected chi connectivity index (χ2v) is 12.1. The molecule has 0 aromatic heterocycles. The molecule has 0 rings (SSSR count). The molecule has 0 fully saturated rings. The maximum absolute atomic E-state index is 13.1. The third-order valence-electron chi connectivity index (χ3n) is 5.62. The molecule has 0 aliphatic carbocycles. The molecule has 48 heavy (non-hydrogen) atoms. The van der Waals surface area contributed by atoms with Crippen LogP contribution >= 0.6 is 21.6 Å². The van der Waals surface area contributed by atoms with Gasteiger partial charge in [0, 0.05) is 18.1 Å². The minimum absolute atomic E-state index is 0.0305. The first kappa shape index (κ1) is 43.2. The van der Waals surface area contributed by atoms with E-state index in [1.165, 1.54) is 0 Å². The lowest BCUT2D eigenvalue weighted by atomic mass is 10.1. The van der Waals surface area contributed by atoms with Crippen LogP contribution in [0.2, 0.25) is 0 Å².